The Morgan fingerprint density at radius 3 is 1.52 bits per heavy atom. The third kappa shape index (κ3) is 3.78. The Morgan fingerprint density at radius 2 is 1.15 bits per heavy atom. The molecule has 0 amide bonds. The van der Waals surface area contributed by atoms with Gasteiger partial charge in [-0.1, -0.05) is 0 Å². The molecule has 0 unspecified atom stereocenters. The lowest BCUT2D eigenvalue weighted by molar-refractivity contribution is 0.281. The Hall–Kier alpha value is -3.32. The summed E-state index contributed by atoms with van der Waals surface area (Å²) in [7, 11) is -3.14. The van der Waals surface area contributed by atoms with Gasteiger partial charge in [-0.15, -0.1) is 0 Å². The number of allylic oxidation sites excluding steroid dienone is 4. The average molecular weight is 378 g/mol. The smallest absolute Gasteiger partial charge is 0.506 e. The van der Waals surface area contributed by atoms with Gasteiger partial charge in [-0.2, -0.15) is 0 Å². The molecule has 0 saturated carbocycles. The van der Waals surface area contributed by atoms with Crippen LogP contribution in [0.25, 0.3) is 0 Å². The van der Waals surface area contributed by atoms with Gasteiger partial charge in [-0.3, -0.25) is 9.97 Å². The maximum atomic E-state index is 6.59. The number of hydrogen-bond donors (Lipinski definition) is 0. The summed E-state index contributed by atoms with van der Waals surface area (Å²) in [5, 5.41) is 1.92. The Morgan fingerprint density at radius 1 is 0.704 bits per heavy atom. The van der Waals surface area contributed by atoms with E-state index in [-0.39, 0.29) is 0 Å². The quantitative estimate of drug-likeness (QED) is 0.718. The van der Waals surface area contributed by atoms with Gasteiger partial charge in [0.15, 0.2) is 0 Å². The number of aromatic nitrogens is 2. The molecule has 4 heterocycles. The molecule has 0 bridgehead atoms. The molecular formula is C20H18N2O4Si. The van der Waals surface area contributed by atoms with Crippen LogP contribution in [0, 0.1) is 0 Å². The van der Waals surface area contributed by atoms with Gasteiger partial charge < -0.3 is 18.3 Å². The first kappa shape index (κ1) is 17.1. The van der Waals surface area contributed by atoms with Gasteiger partial charge in [-0.25, -0.2) is 0 Å². The largest absolute Gasteiger partial charge is 0.531 e. The van der Waals surface area contributed by atoms with E-state index in [1.807, 2.05) is 48.6 Å². The number of pyridine rings is 2. The molecule has 4 rings (SSSR count). The predicted octanol–water partition coefficient (Wildman–Crippen LogP) is 3.40. The van der Waals surface area contributed by atoms with Crippen molar-refractivity contribution in [3.8, 4) is 11.5 Å². The minimum Gasteiger partial charge on any atom is -0.506 e. The average Bonchev–Trinajstić information content (AvgIpc) is 2.76. The molecule has 6 nitrogen and oxygen atoms in total. The molecule has 2 aromatic rings. The molecule has 0 saturated heterocycles. The summed E-state index contributed by atoms with van der Waals surface area (Å²) in [6.45, 7) is 0.932. The maximum Gasteiger partial charge on any atom is 0.531 e. The molecule has 0 aromatic carbocycles. The fourth-order valence-corrected chi connectivity index (χ4v) is 5.88. The normalized spacial score (nSPS) is 15.9. The van der Waals surface area contributed by atoms with E-state index in [9.17, 15) is 0 Å². The molecule has 2 aliphatic rings. The number of nitrogens with zero attached hydrogens (tertiary/aromatic N) is 2. The summed E-state index contributed by atoms with van der Waals surface area (Å²) >= 11 is 0. The minimum absolute atomic E-state index is 0.466. The number of rotatable bonds is 6. The van der Waals surface area contributed by atoms with E-state index >= 15 is 0 Å². The topological polar surface area (TPSA) is 62.7 Å². The van der Waals surface area contributed by atoms with Crippen molar-refractivity contribution in [1.82, 2.24) is 9.97 Å². The second-order valence-electron chi connectivity index (χ2n) is 5.78. The van der Waals surface area contributed by atoms with Gasteiger partial charge in [0.05, 0.1) is 12.5 Å². The summed E-state index contributed by atoms with van der Waals surface area (Å²) in [4.78, 5) is 8.15. The highest BCUT2D eigenvalue weighted by molar-refractivity contribution is 6.84. The molecule has 0 spiro atoms. The van der Waals surface area contributed by atoms with E-state index in [2.05, 4.69) is 9.97 Å². The third-order valence-electron chi connectivity index (χ3n) is 4.07. The van der Waals surface area contributed by atoms with E-state index in [0.717, 1.165) is 10.4 Å². The van der Waals surface area contributed by atoms with Crippen molar-refractivity contribution in [1.29, 1.82) is 0 Å². The monoisotopic (exact) mass is 378 g/mol. The first-order valence-electron chi connectivity index (χ1n) is 8.52. The van der Waals surface area contributed by atoms with Crippen LogP contribution >= 0.6 is 0 Å². The third-order valence-corrected chi connectivity index (χ3v) is 7.38. The summed E-state index contributed by atoms with van der Waals surface area (Å²) in [6, 6.07) is 7.30. The second kappa shape index (κ2) is 7.92. The van der Waals surface area contributed by atoms with Crippen LogP contribution in [0.3, 0.4) is 0 Å². The van der Waals surface area contributed by atoms with Crippen molar-refractivity contribution >= 4 is 8.56 Å². The summed E-state index contributed by atoms with van der Waals surface area (Å²) < 4.78 is 23.9. The molecule has 136 valence electrons. The lowest BCUT2D eigenvalue weighted by Crippen LogP contribution is -2.53. The molecular weight excluding hydrogens is 360 g/mol. The number of ether oxygens (including phenoxy) is 2. The van der Waals surface area contributed by atoms with E-state index in [0.29, 0.717) is 24.7 Å². The predicted molar refractivity (Wildman–Crippen MR) is 102 cm³/mol. The lowest BCUT2D eigenvalue weighted by Gasteiger charge is -2.34. The SMILES string of the molecule is C1=CC([Si](Oc2ccncc2)(Oc2ccncc2)C2=CCOC=C2)=CCO1. The van der Waals surface area contributed by atoms with Crippen LogP contribution in [-0.4, -0.2) is 31.7 Å². The molecule has 0 aliphatic carbocycles. The Kier molecular flexibility index (Phi) is 5.02. The summed E-state index contributed by atoms with van der Waals surface area (Å²) in [5.41, 5.74) is 0. The fourth-order valence-electron chi connectivity index (χ4n) is 2.82. The summed E-state index contributed by atoms with van der Waals surface area (Å²) in [5.74, 6) is 1.37. The van der Waals surface area contributed by atoms with Crippen LogP contribution in [0.4, 0.5) is 0 Å². The second-order valence-corrected chi connectivity index (χ2v) is 8.57. The highest BCUT2D eigenvalue weighted by Crippen LogP contribution is 2.33. The lowest BCUT2D eigenvalue weighted by atomic mass is 10.4. The van der Waals surface area contributed by atoms with Crippen molar-refractivity contribution in [2.75, 3.05) is 13.2 Å². The zero-order chi connectivity index (χ0) is 18.4. The Labute approximate surface area is 158 Å². The van der Waals surface area contributed by atoms with Crippen LogP contribution in [0.2, 0.25) is 0 Å². The molecule has 0 atom stereocenters. The zero-order valence-electron chi connectivity index (χ0n) is 14.5. The first-order chi connectivity index (χ1) is 13.4. The summed E-state index contributed by atoms with van der Waals surface area (Å²) in [6.07, 6.45) is 17.9. The van der Waals surface area contributed by atoms with Gasteiger partial charge in [-0.05, 0) is 48.6 Å². The molecule has 0 fully saturated rings. The highest BCUT2D eigenvalue weighted by Gasteiger charge is 2.50. The van der Waals surface area contributed by atoms with Gasteiger partial charge in [0.25, 0.3) is 0 Å². The van der Waals surface area contributed by atoms with Crippen molar-refractivity contribution in [3.05, 3.63) is 96.3 Å². The Bertz CT molecular complexity index is 819. The van der Waals surface area contributed by atoms with Crippen molar-refractivity contribution in [2.24, 2.45) is 0 Å². The van der Waals surface area contributed by atoms with E-state index < -0.39 is 8.56 Å². The van der Waals surface area contributed by atoms with Gasteiger partial charge in [0.2, 0.25) is 0 Å². The van der Waals surface area contributed by atoms with Crippen LogP contribution < -0.4 is 8.85 Å². The molecule has 0 radical (unpaired) electrons. The van der Waals surface area contributed by atoms with Gasteiger partial charge in [0.1, 0.15) is 24.7 Å². The Balaban J connectivity index is 1.84. The van der Waals surface area contributed by atoms with E-state index in [1.54, 1.807) is 37.3 Å². The van der Waals surface area contributed by atoms with Crippen LogP contribution in [0.1, 0.15) is 0 Å². The highest BCUT2D eigenvalue weighted by atomic mass is 28.4. The standard InChI is InChI=1S/C20H18N2O4Si/c1-9-21-10-2-17(1)25-27(19-5-13-23-14-6-19,20-7-15-24-16-8-20)26-18-3-11-22-12-4-18/h1-13,15H,14,16H2. The number of hydrogen-bond acceptors (Lipinski definition) is 6. The van der Waals surface area contributed by atoms with Crippen molar-refractivity contribution in [2.45, 2.75) is 0 Å². The van der Waals surface area contributed by atoms with Crippen LogP contribution in [0.5, 0.6) is 11.5 Å². The van der Waals surface area contributed by atoms with E-state index in [1.165, 1.54) is 0 Å². The molecule has 2 aromatic heterocycles. The minimum atomic E-state index is -3.14. The molecule has 7 heteroatoms. The van der Waals surface area contributed by atoms with Crippen molar-refractivity contribution in [3.63, 3.8) is 0 Å². The maximum absolute atomic E-state index is 6.59. The van der Waals surface area contributed by atoms with Crippen LogP contribution in [-0.2, 0) is 9.47 Å². The van der Waals surface area contributed by atoms with Gasteiger partial charge in [0, 0.05) is 35.2 Å². The molecule has 27 heavy (non-hydrogen) atoms. The zero-order valence-corrected chi connectivity index (χ0v) is 15.5. The van der Waals surface area contributed by atoms with E-state index in [4.69, 9.17) is 18.3 Å². The molecule has 0 N–H and O–H groups in total. The van der Waals surface area contributed by atoms with Crippen LogP contribution in [0.15, 0.2) is 96.3 Å². The first-order valence-corrected chi connectivity index (χ1v) is 10.3. The fraction of sp³-hybridized carbons (Fsp3) is 0.100. The van der Waals surface area contributed by atoms with Gasteiger partial charge >= 0.3 is 8.56 Å². The van der Waals surface area contributed by atoms with Crippen molar-refractivity contribution < 1.29 is 18.3 Å². The molecule has 2 aliphatic heterocycles.